The molecule has 0 aliphatic heterocycles. The maximum Gasteiger partial charge on any atom is 0.338 e. The predicted molar refractivity (Wildman–Crippen MR) is 91.9 cm³/mol. The molecule has 0 saturated heterocycles. The molecule has 3 nitrogen and oxygen atoms in total. The van der Waals surface area contributed by atoms with E-state index < -0.39 is 0 Å². The highest BCUT2D eigenvalue weighted by atomic mass is 16.5. The van der Waals surface area contributed by atoms with Crippen molar-refractivity contribution in [2.75, 3.05) is 6.61 Å². The molecule has 0 bridgehead atoms. The van der Waals surface area contributed by atoms with Crippen LogP contribution in [0.15, 0.2) is 34.4 Å². The fourth-order valence-electron chi connectivity index (χ4n) is 3.63. The summed E-state index contributed by atoms with van der Waals surface area (Å²) in [5, 5.41) is 0. The molecule has 0 heterocycles. The van der Waals surface area contributed by atoms with Gasteiger partial charge in [0.15, 0.2) is 5.78 Å². The van der Waals surface area contributed by atoms with Gasteiger partial charge in [-0.1, -0.05) is 26.0 Å². The summed E-state index contributed by atoms with van der Waals surface area (Å²) in [7, 11) is 0. The second-order valence-corrected chi connectivity index (χ2v) is 7.66. The molecule has 0 radical (unpaired) electrons. The Morgan fingerprint density at radius 1 is 1.30 bits per heavy atom. The Morgan fingerprint density at radius 2 is 1.91 bits per heavy atom. The van der Waals surface area contributed by atoms with Gasteiger partial charge in [0, 0.05) is 12.0 Å². The van der Waals surface area contributed by atoms with E-state index in [0.29, 0.717) is 30.1 Å². The van der Waals surface area contributed by atoms with E-state index in [2.05, 4.69) is 20.4 Å². The van der Waals surface area contributed by atoms with Crippen molar-refractivity contribution in [3.63, 3.8) is 0 Å². The minimum atomic E-state index is -0.347. The highest BCUT2D eigenvalue weighted by Gasteiger charge is 2.40. The summed E-state index contributed by atoms with van der Waals surface area (Å²) < 4.78 is 5.23. The quantitative estimate of drug-likeness (QED) is 0.425. The first-order chi connectivity index (χ1) is 10.7. The van der Waals surface area contributed by atoms with Gasteiger partial charge in [-0.2, -0.15) is 0 Å². The lowest BCUT2D eigenvalue weighted by Gasteiger charge is -2.32. The minimum absolute atomic E-state index is 0.00730. The zero-order valence-electron chi connectivity index (χ0n) is 15.0. The lowest BCUT2D eigenvalue weighted by Crippen LogP contribution is -2.27. The molecule has 2 aliphatic carbocycles. The highest BCUT2D eigenvalue weighted by molar-refractivity contribution is 6.05. The van der Waals surface area contributed by atoms with Crippen molar-refractivity contribution in [2.45, 2.75) is 60.3 Å². The summed E-state index contributed by atoms with van der Waals surface area (Å²) in [6.07, 6.45) is 3.47. The number of ether oxygens (including phenoxy) is 1. The van der Waals surface area contributed by atoms with Crippen molar-refractivity contribution in [3.05, 3.63) is 34.4 Å². The molecule has 1 saturated carbocycles. The van der Waals surface area contributed by atoms with Crippen molar-refractivity contribution in [2.24, 2.45) is 11.3 Å². The molecule has 0 aromatic heterocycles. The Labute approximate surface area is 139 Å². The number of rotatable bonds is 5. The Bertz CT molecular complexity index is 613. The van der Waals surface area contributed by atoms with Crippen LogP contribution in [0.5, 0.6) is 0 Å². The molecule has 0 aromatic rings. The predicted octanol–water partition coefficient (Wildman–Crippen LogP) is 4.54. The van der Waals surface area contributed by atoms with E-state index in [1.54, 1.807) is 6.92 Å². The molecule has 1 fully saturated rings. The van der Waals surface area contributed by atoms with Crippen LogP contribution in [0.3, 0.4) is 0 Å². The fraction of sp³-hybridized carbons (Fsp3) is 0.600. The van der Waals surface area contributed by atoms with E-state index in [0.717, 1.165) is 36.0 Å². The topological polar surface area (TPSA) is 43.4 Å². The molecule has 2 aliphatic rings. The second-order valence-electron chi connectivity index (χ2n) is 7.66. The summed E-state index contributed by atoms with van der Waals surface area (Å²) in [5.41, 5.74) is 3.97. The summed E-state index contributed by atoms with van der Waals surface area (Å²) in [6.45, 7) is 14.2. The molecule has 0 aromatic carbocycles. The van der Waals surface area contributed by atoms with Gasteiger partial charge >= 0.3 is 5.97 Å². The highest BCUT2D eigenvalue weighted by Crippen LogP contribution is 2.48. The molecule has 0 amide bonds. The third-order valence-corrected chi connectivity index (χ3v) is 4.52. The first-order valence-corrected chi connectivity index (χ1v) is 8.48. The molecule has 126 valence electrons. The Hall–Kier alpha value is -1.64. The number of carbonyl (C=O) groups is 2. The SMILES string of the molecule is C=C(C)/C(C(=O)OCC)=C(\C1=C(C)CC(C)(C)CC1=O)C1CC1. The van der Waals surface area contributed by atoms with Gasteiger partial charge in [0.1, 0.15) is 0 Å². The molecule has 2 rings (SSSR count). The monoisotopic (exact) mass is 316 g/mol. The average Bonchev–Trinajstić information content (AvgIpc) is 3.18. The standard InChI is InChI=1S/C20H28O3/c1-7-23-19(22)16(12(2)3)18(14-8-9-14)17-13(4)10-20(5,6)11-15(17)21/h14H,2,7-11H2,1,3-6H3/b18-16+. The molecular formula is C20H28O3. The van der Waals surface area contributed by atoms with Crippen molar-refractivity contribution in [3.8, 4) is 0 Å². The number of allylic oxidation sites excluding steroid dienone is 3. The van der Waals surface area contributed by atoms with Crippen molar-refractivity contribution in [1.82, 2.24) is 0 Å². The normalized spacial score (nSPS) is 21.9. The summed E-state index contributed by atoms with van der Waals surface area (Å²) in [4.78, 5) is 25.3. The fourth-order valence-corrected chi connectivity index (χ4v) is 3.63. The largest absolute Gasteiger partial charge is 0.462 e. The van der Waals surface area contributed by atoms with E-state index in [9.17, 15) is 9.59 Å². The first-order valence-electron chi connectivity index (χ1n) is 8.48. The van der Waals surface area contributed by atoms with E-state index in [-0.39, 0.29) is 17.2 Å². The maximum absolute atomic E-state index is 12.8. The molecule has 0 spiro atoms. The van der Waals surface area contributed by atoms with Crippen molar-refractivity contribution in [1.29, 1.82) is 0 Å². The molecule has 0 N–H and O–H groups in total. The number of esters is 1. The number of ketones is 1. The third-order valence-electron chi connectivity index (χ3n) is 4.52. The molecule has 0 unspecified atom stereocenters. The number of hydrogen-bond donors (Lipinski definition) is 0. The molecule has 3 heteroatoms. The van der Waals surface area contributed by atoms with Gasteiger partial charge in [0.2, 0.25) is 0 Å². The van der Waals surface area contributed by atoms with Gasteiger partial charge < -0.3 is 4.74 Å². The first kappa shape index (κ1) is 17.7. The Kier molecular flexibility index (Phi) is 4.98. The van der Waals surface area contributed by atoms with E-state index in [1.165, 1.54) is 0 Å². The summed E-state index contributed by atoms with van der Waals surface area (Å²) in [5.74, 6) is 0.102. The Balaban J connectivity index is 2.61. The smallest absolute Gasteiger partial charge is 0.338 e. The third kappa shape index (κ3) is 3.82. The summed E-state index contributed by atoms with van der Waals surface area (Å²) in [6, 6.07) is 0. The van der Waals surface area contributed by atoms with Crippen LogP contribution in [0.1, 0.15) is 60.3 Å². The van der Waals surface area contributed by atoms with Crippen LogP contribution >= 0.6 is 0 Å². The van der Waals surface area contributed by atoms with Gasteiger partial charge in [-0.05, 0) is 62.5 Å². The van der Waals surface area contributed by atoms with Gasteiger partial charge in [-0.3, -0.25) is 4.79 Å². The van der Waals surface area contributed by atoms with Crippen LogP contribution in [0.4, 0.5) is 0 Å². The van der Waals surface area contributed by atoms with Crippen LogP contribution in [0.25, 0.3) is 0 Å². The van der Waals surface area contributed by atoms with E-state index in [1.807, 2.05) is 13.8 Å². The van der Waals surface area contributed by atoms with Crippen LogP contribution in [0, 0.1) is 11.3 Å². The summed E-state index contributed by atoms with van der Waals surface area (Å²) >= 11 is 0. The van der Waals surface area contributed by atoms with Crippen molar-refractivity contribution < 1.29 is 14.3 Å². The lowest BCUT2D eigenvalue weighted by atomic mass is 9.71. The van der Waals surface area contributed by atoms with E-state index >= 15 is 0 Å². The van der Waals surface area contributed by atoms with Crippen LogP contribution in [-0.2, 0) is 14.3 Å². The van der Waals surface area contributed by atoms with Gasteiger partial charge in [-0.25, -0.2) is 4.79 Å². The van der Waals surface area contributed by atoms with Crippen molar-refractivity contribution >= 4 is 11.8 Å². The lowest BCUT2D eigenvalue weighted by molar-refractivity contribution is -0.138. The molecule has 23 heavy (non-hydrogen) atoms. The zero-order chi connectivity index (χ0) is 17.4. The molecule has 0 atom stereocenters. The van der Waals surface area contributed by atoms with Gasteiger partial charge in [0.05, 0.1) is 12.2 Å². The minimum Gasteiger partial charge on any atom is -0.462 e. The van der Waals surface area contributed by atoms with Crippen LogP contribution in [0.2, 0.25) is 0 Å². The second kappa shape index (κ2) is 6.46. The zero-order valence-corrected chi connectivity index (χ0v) is 15.0. The molecular weight excluding hydrogens is 288 g/mol. The Morgan fingerprint density at radius 3 is 2.35 bits per heavy atom. The number of Topliss-reactive ketones (excluding diaryl/α,β-unsaturated/α-hetero) is 1. The number of hydrogen-bond acceptors (Lipinski definition) is 3. The van der Waals surface area contributed by atoms with Gasteiger partial charge in [0.25, 0.3) is 0 Å². The van der Waals surface area contributed by atoms with Crippen LogP contribution < -0.4 is 0 Å². The van der Waals surface area contributed by atoms with Gasteiger partial charge in [-0.15, -0.1) is 0 Å². The number of carbonyl (C=O) groups excluding carboxylic acids is 2. The van der Waals surface area contributed by atoms with E-state index in [4.69, 9.17) is 4.74 Å². The average molecular weight is 316 g/mol. The van der Waals surface area contributed by atoms with Crippen LogP contribution in [-0.4, -0.2) is 18.4 Å². The maximum atomic E-state index is 12.8.